The molecule has 0 amide bonds. The maximum Gasteiger partial charge on any atom is 0 e. The molecular weight excluding hydrogens is 615 g/mol. The molecule has 0 N–H and O–H groups in total. The summed E-state index contributed by atoms with van der Waals surface area (Å²) in [4.78, 5) is 0. The van der Waals surface area contributed by atoms with Crippen LogP contribution in [0.4, 0.5) is 0 Å². The third kappa shape index (κ3) is 18.3. The van der Waals surface area contributed by atoms with Crippen LogP contribution in [0.3, 0.4) is 0 Å². The number of hydrogen-bond acceptors (Lipinski definition) is 0. The minimum absolute atomic E-state index is 0. The van der Waals surface area contributed by atoms with Crippen LogP contribution in [-0.2, 0) is 22.4 Å². The van der Waals surface area contributed by atoms with Crippen LogP contribution < -0.4 is 0 Å². The summed E-state index contributed by atoms with van der Waals surface area (Å²) < 4.78 is 0. The Kier molecular flexibility index (Phi) is 192. The Labute approximate surface area is 116 Å². The van der Waals surface area contributed by atoms with Crippen LogP contribution in [0.15, 0.2) is 0 Å². The molecule has 0 saturated heterocycles. The molecule has 0 aromatic rings. The smallest absolute Gasteiger partial charge is 0 e. The molecule has 0 aliphatic rings. The molecule has 0 aliphatic heterocycles. The van der Waals surface area contributed by atoms with Crippen molar-refractivity contribution in [1.29, 1.82) is 0 Å². The van der Waals surface area contributed by atoms with E-state index in [-0.39, 0.29) is 118 Å². The van der Waals surface area contributed by atoms with Crippen LogP contribution >= 0.6 is 95.9 Å². The molecule has 0 aliphatic carbocycles. The molecule has 0 aromatic heterocycles. The molecular formula is H4AgI4. The molecule has 0 unspecified atom stereocenters. The molecule has 0 rings (SSSR count). The van der Waals surface area contributed by atoms with Gasteiger partial charge in [0.2, 0.25) is 0 Å². The van der Waals surface area contributed by atoms with Crippen LogP contribution in [-0.4, -0.2) is 0 Å². The van der Waals surface area contributed by atoms with E-state index in [1.54, 1.807) is 0 Å². The maximum atomic E-state index is 0. The average Bonchev–Trinajstić information content (AvgIpc) is 0. The first-order valence-corrected chi connectivity index (χ1v) is 0. The Balaban J connectivity index is 0. The molecule has 5 heavy (non-hydrogen) atoms. The van der Waals surface area contributed by atoms with E-state index in [0.717, 1.165) is 0 Å². The van der Waals surface area contributed by atoms with E-state index < -0.39 is 0 Å². The summed E-state index contributed by atoms with van der Waals surface area (Å²) in [6.07, 6.45) is 0. The van der Waals surface area contributed by atoms with Crippen molar-refractivity contribution in [2.24, 2.45) is 0 Å². The Bertz CT molecular complexity index is 3.61. The van der Waals surface area contributed by atoms with E-state index in [1.807, 2.05) is 0 Å². The molecule has 0 nitrogen and oxygen atoms in total. The molecule has 5 heteroatoms. The number of halogens is 4. The predicted octanol–water partition coefficient (Wildman–Crippen LogP) is 2.47. The summed E-state index contributed by atoms with van der Waals surface area (Å²) in [7, 11) is 0. The van der Waals surface area contributed by atoms with E-state index in [9.17, 15) is 0 Å². The van der Waals surface area contributed by atoms with Crippen molar-refractivity contribution in [3.8, 4) is 0 Å². The molecule has 0 aromatic carbocycles. The molecule has 0 spiro atoms. The van der Waals surface area contributed by atoms with Gasteiger partial charge in [-0.2, -0.15) is 0 Å². The normalized spacial score (nSPS) is 0. The molecule has 0 saturated carbocycles. The topological polar surface area (TPSA) is 0 Å². The van der Waals surface area contributed by atoms with Crippen LogP contribution in [0.25, 0.3) is 0 Å². The second kappa shape index (κ2) is 25.4. The van der Waals surface area contributed by atoms with Crippen LogP contribution in [0.1, 0.15) is 0 Å². The van der Waals surface area contributed by atoms with Gasteiger partial charge in [0.1, 0.15) is 0 Å². The largest absolute Gasteiger partial charge is 0.107 e. The standard InChI is InChI=1S/Ag.4HI/h;4*1H. The third-order valence-electron chi connectivity index (χ3n) is 0. The van der Waals surface area contributed by atoms with Crippen molar-refractivity contribution in [1.82, 2.24) is 0 Å². The fourth-order valence-corrected chi connectivity index (χ4v) is 0. The Morgan fingerprint density at radius 2 is 0.400 bits per heavy atom. The van der Waals surface area contributed by atoms with E-state index in [1.165, 1.54) is 0 Å². The first kappa shape index (κ1) is 37.9. The molecule has 1 radical (unpaired) electrons. The van der Waals surface area contributed by atoms with Gasteiger partial charge in [-0.25, -0.2) is 0 Å². The molecule has 0 heterocycles. The van der Waals surface area contributed by atoms with Gasteiger partial charge >= 0.3 is 0 Å². The molecule has 0 bridgehead atoms. The second-order valence-corrected chi connectivity index (χ2v) is 0. The van der Waals surface area contributed by atoms with Gasteiger partial charge in [-0.15, -0.1) is 95.9 Å². The average molecular weight is 620 g/mol. The molecule has 43 valence electrons. The maximum absolute atomic E-state index is 0. The van der Waals surface area contributed by atoms with Gasteiger partial charge in [-0.3, -0.25) is 0 Å². The Morgan fingerprint density at radius 3 is 0.400 bits per heavy atom. The fraction of sp³-hybridized carbons (Fsp3) is 0. The van der Waals surface area contributed by atoms with Crippen LogP contribution in [0, 0.1) is 0 Å². The Morgan fingerprint density at radius 1 is 0.400 bits per heavy atom. The quantitative estimate of drug-likeness (QED) is 0.289. The zero-order valence-electron chi connectivity index (χ0n) is 1.93. The van der Waals surface area contributed by atoms with Crippen molar-refractivity contribution in [3.05, 3.63) is 0 Å². The minimum Gasteiger partial charge on any atom is -0.107 e. The zero-order valence-corrected chi connectivity index (χ0v) is 12.7. The molecule has 0 fully saturated rings. The number of rotatable bonds is 0. The summed E-state index contributed by atoms with van der Waals surface area (Å²) >= 11 is 0. The van der Waals surface area contributed by atoms with E-state index in [2.05, 4.69) is 0 Å². The van der Waals surface area contributed by atoms with Gasteiger partial charge in [-0.05, 0) is 0 Å². The van der Waals surface area contributed by atoms with E-state index in [0.29, 0.717) is 0 Å². The first-order valence-electron chi connectivity index (χ1n) is 0. The summed E-state index contributed by atoms with van der Waals surface area (Å²) in [5.74, 6) is 0. The van der Waals surface area contributed by atoms with Gasteiger partial charge in [0.25, 0.3) is 0 Å². The van der Waals surface area contributed by atoms with Crippen molar-refractivity contribution >= 4 is 95.9 Å². The van der Waals surface area contributed by atoms with Crippen LogP contribution in [0.5, 0.6) is 0 Å². The van der Waals surface area contributed by atoms with E-state index >= 15 is 0 Å². The summed E-state index contributed by atoms with van der Waals surface area (Å²) in [6, 6.07) is 0. The predicted molar refractivity (Wildman–Crippen MR) is 61.7 cm³/mol. The second-order valence-electron chi connectivity index (χ2n) is 0. The number of hydrogen-bond donors (Lipinski definition) is 0. The van der Waals surface area contributed by atoms with Gasteiger partial charge in [0, 0.05) is 22.4 Å². The van der Waals surface area contributed by atoms with Gasteiger partial charge in [0.05, 0.1) is 0 Å². The minimum atomic E-state index is 0. The van der Waals surface area contributed by atoms with Gasteiger partial charge < -0.3 is 0 Å². The summed E-state index contributed by atoms with van der Waals surface area (Å²) in [6.45, 7) is 0. The van der Waals surface area contributed by atoms with Crippen molar-refractivity contribution in [3.63, 3.8) is 0 Å². The van der Waals surface area contributed by atoms with Crippen LogP contribution in [0.2, 0.25) is 0 Å². The van der Waals surface area contributed by atoms with Gasteiger partial charge in [0.15, 0.2) is 0 Å². The fourth-order valence-electron chi connectivity index (χ4n) is 0. The van der Waals surface area contributed by atoms with Crippen molar-refractivity contribution in [2.75, 3.05) is 0 Å². The van der Waals surface area contributed by atoms with Crippen molar-refractivity contribution in [2.45, 2.75) is 0 Å². The molecule has 0 atom stereocenters. The first-order chi connectivity index (χ1) is 0. The SMILES string of the molecule is I.I.I.I.[Ag]. The monoisotopic (exact) mass is 619 g/mol. The summed E-state index contributed by atoms with van der Waals surface area (Å²) in [5.41, 5.74) is 0. The Hall–Kier alpha value is 3.66. The third-order valence-corrected chi connectivity index (χ3v) is 0. The zero-order chi connectivity index (χ0) is 0. The summed E-state index contributed by atoms with van der Waals surface area (Å²) in [5, 5.41) is 0. The van der Waals surface area contributed by atoms with Crippen molar-refractivity contribution < 1.29 is 22.4 Å². The van der Waals surface area contributed by atoms with Gasteiger partial charge in [-0.1, -0.05) is 0 Å². The van der Waals surface area contributed by atoms with E-state index in [4.69, 9.17) is 0 Å².